The molecule has 0 bridgehead atoms. The lowest BCUT2D eigenvalue weighted by molar-refractivity contribution is -0.113. The number of ether oxygens (including phenoxy) is 1. The lowest BCUT2D eigenvalue weighted by Crippen LogP contribution is -2.05. The highest BCUT2D eigenvalue weighted by Crippen LogP contribution is 2.17. The Morgan fingerprint density at radius 2 is 2.29 bits per heavy atom. The Bertz CT molecular complexity index is 374. The fourth-order valence-electron chi connectivity index (χ4n) is 0.948. The Balaban J connectivity index is 3.00. The summed E-state index contributed by atoms with van der Waals surface area (Å²) in [6.45, 7) is 0. The number of benzene rings is 1. The van der Waals surface area contributed by atoms with Crippen LogP contribution in [0.3, 0.4) is 0 Å². The molecule has 0 aliphatic heterocycles. The Morgan fingerprint density at radius 3 is 2.86 bits per heavy atom. The Hall–Kier alpha value is -1.84. The summed E-state index contributed by atoms with van der Waals surface area (Å²) in [4.78, 5) is 10.4. The lowest BCUT2D eigenvalue weighted by Gasteiger charge is -2.01. The van der Waals surface area contributed by atoms with E-state index >= 15 is 0 Å². The summed E-state index contributed by atoms with van der Waals surface area (Å²) in [5.74, 6) is -0.522. The topological polar surface area (TPSA) is 52.3 Å². The third-order valence-electron chi connectivity index (χ3n) is 1.63. The summed E-state index contributed by atoms with van der Waals surface area (Å²) in [5.41, 5.74) is 5.15. The number of methoxy groups -OCH3 is 1. The van der Waals surface area contributed by atoms with Crippen LogP contribution in [0.15, 0.2) is 24.3 Å². The van der Waals surface area contributed by atoms with Crippen molar-refractivity contribution in [3.05, 3.63) is 35.7 Å². The minimum Gasteiger partial charge on any atom is -0.497 e. The molecule has 3 nitrogen and oxygen atoms in total. The maximum Gasteiger partial charge on any atom is 0.241 e. The van der Waals surface area contributed by atoms with Gasteiger partial charge in [0.15, 0.2) is 0 Å². The Kier molecular flexibility index (Phi) is 3.23. The van der Waals surface area contributed by atoms with Crippen molar-refractivity contribution in [1.29, 1.82) is 0 Å². The first-order chi connectivity index (χ1) is 6.63. The van der Waals surface area contributed by atoms with Crippen LogP contribution in [-0.4, -0.2) is 13.0 Å². The van der Waals surface area contributed by atoms with Gasteiger partial charge < -0.3 is 10.5 Å². The first-order valence-corrected chi connectivity index (χ1v) is 3.94. The summed E-state index contributed by atoms with van der Waals surface area (Å²) in [7, 11) is 1.48. The second-order valence-electron chi connectivity index (χ2n) is 2.62. The molecular weight excluding hydrogens is 185 g/mol. The van der Waals surface area contributed by atoms with Gasteiger partial charge in [0.05, 0.1) is 7.11 Å². The molecule has 74 valence electrons. The zero-order valence-electron chi connectivity index (χ0n) is 7.66. The monoisotopic (exact) mass is 195 g/mol. The van der Waals surface area contributed by atoms with Gasteiger partial charge in [-0.25, -0.2) is 4.39 Å². The van der Waals surface area contributed by atoms with E-state index in [4.69, 9.17) is 10.5 Å². The number of carbonyl (C=O) groups excluding carboxylic acids is 1. The van der Waals surface area contributed by atoms with Gasteiger partial charge in [0.25, 0.3) is 0 Å². The summed E-state index contributed by atoms with van der Waals surface area (Å²) < 4.78 is 18.0. The van der Waals surface area contributed by atoms with Gasteiger partial charge in [0, 0.05) is 11.6 Å². The average molecular weight is 195 g/mol. The van der Waals surface area contributed by atoms with E-state index in [2.05, 4.69) is 0 Å². The minimum atomic E-state index is -0.618. The molecule has 0 atom stereocenters. The molecule has 2 N–H and O–H groups in total. The maximum atomic E-state index is 13.1. The molecule has 0 aliphatic carbocycles. The second kappa shape index (κ2) is 4.41. The van der Waals surface area contributed by atoms with Crippen LogP contribution < -0.4 is 10.5 Å². The molecule has 14 heavy (non-hydrogen) atoms. The van der Waals surface area contributed by atoms with Crippen molar-refractivity contribution in [2.24, 2.45) is 5.73 Å². The molecule has 0 saturated carbocycles. The fraction of sp³-hybridized carbons (Fsp3) is 0.100. The first-order valence-electron chi connectivity index (χ1n) is 3.94. The zero-order valence-corrected chi connectivity index (χ0v) is 7.66. The quantitative estimate of drug-likeness (QED) is 0.740. The molecule has 1 aromatic rings. The highest BCUT2D eigenvalue weighted by molar-refractivity contribution is 5.90. The third kappa shape index (κ3) is 2.58. The van der Waals surface area contributed by atoms with E-state index in [0.29, 0.717) is 5.75 Å². The van der Waals surface area contributed by atoms with Crippen LogP contribution in [0.5, 0.6) is 5.75 Å². The fourth-order valence-corrected chi connectivity index (χ4v) is 0.948. The van der Waals surface area contributed by atoms with E-state index in [1.165, 1.54) is 31.4 Å². The van der Waals surface area contributed by atoms with Gasteiger partial charge in [0.1, 0.15) is 11.6 Å². The predicted molar refractivity (Wildman–Crippen MR) is 51.2 cm³/mol. The van der Waals surface area contributed by atoms with Crippen LogP contribution >= 0.6 is 0 Å². The van der Waals surface area contributed by atoms with E-state index < -0.39 is 11.7 Å². The van der Waals surface area contributed by atoms with E-state index in [-0.39, 0.29) is 5.56 Å². The number of carbonyl (C=O) groups is 1. The molecule has 0 unspecified atom stereocenters. The maximum absolute atomic E-state index is 13.1. The van der Waals surface area contributed by atoms with Crippen molar-refractivity contribution < 1.29 is 13.9 Å². The normalized spacial score (nSPS) is 10.4. The third-order valence-corrected chi connectivity index (χ3v) is 1.63. The Morgan fingerprint density at radius 1 is 1.57 bits per heavy atom. The molecule has 0 heterocycles. The average Bonchev–Trinajstić information content (AvgIpc) is 2.16. The van der Waals surface area contributed by atoms with Crippen LogP contribution in [0.4, 0.5) is 4.39 Å². The van der Waals surface area contributed by atoms with Gasteiger partial charge >= 0.3 is 0 Å². The van der Waals surface area contributed by atoms with Gasteiger partial charge in [-0.1, -0.05) is 0 Å². The zero-order chi connectivity index (χ0) is 10.6. The second-order valence-corrected chi connectivity index (χ2v) is 2.62. The highest BCUT2D eigenvalue weighted by Gasteiger charge is 2.00. The molecular formula is C10H10FNO2. The van der Waals surface area contributed by atoms with Crippen molar-refractivity contribution in [1.82, 2.24) is 0 Å². The molecule has 0 aliphatic rings. The number of nitrogens with two attached hydrogens (primary N) is 1. The summed E-state index contributed by atoms with van der Waals surface area (Å²) in [6.07, 6.45) is 2.40. The molecule has 0 radical (unpaired) electrons. The molecule has 0 fully saturated rings. The molecule has 0 saturated heterocycles. The van der Waals surface area contributed by atoms with Gasteiger partial charge in [-0.15, -0.1) is 0 Å². The van der Waals surface area contributed by atoms with Crippen LogP contribution in [0.25, 0.3) is 6.08 Å². The van der Waals surface area contributed by atoms with E-state index in [1.54, 1.807) is 0 Å². The van der Waals surface area contributed by atoms with Gasteiger partial charge in [-0.05, 0) is 24.3 Å². The van der Waals surface area contributed by atoms with Crippen molar-refractivity contribution >= 4 is 12.0 Å². The minimum absolute atomic E-state index is 0.267. The molecule has 1 rings (SSSR count). The van der Waals surface area contributed by atoms with Crippen molar-refractivity contribution in [2.75, 3.05) is 7.11 Å². The van der Waals surface area contributed by atoms with E-state index in [1.807, 2.05) is 0 Å². The van der Waals surface area contributed by atoms with E-state index in [0.717, 1.165) is 6.08 Å². The SMILES string of the molecule is COc1ccc(F)c(C=CC(N)=O)c1. The number of hydrogen-bond acceptors (Lipinski definition) is 2. The van der Waals surface area contributed by atoms with Crippen molar-refractivity contribution in [3.63, 3.8) is 0 Å². The summed E-state index contributed by atoms with van der Waals surface area (Å²) in [6, 6.07) is 4.24. The van der Waals surface area contributed by atoms with Crippen molar-refractivity contribution in [2.45, 2.75) is 0 Å². The molecule has 1 aromatic carbocycles. The number of halogens is 1. The van der Waals surface area contributed by atoms with Gasteiger partial charge in [0.2, 0.25) is 5.91 Å². The van der Waals surface area contributed by atoms with Crippen LogP contribution in [0.1, 0.15) is 5.56 Å². The highest BCUT2D eigenvalue weighted by atomic mass is 19.1. The molecule has 4 heteroatoms. The largest absolute Gasteiger partial charge is 0.497 e. The van der Waals surface area contributed by atoms with Crippen LogP contribution in [0, 0.1) is 5.82 Å². The number of amides is 1. The number of primary amides is 1. The molecule has 0 spiro atoms. The summed E-state index contributed by atoms with van der Waals surface area (Å²) >= 11 is 0. The van der Waals surface area contributed by atoms with Crippen LogP contribution in [0.2, 0.25) is 0 Å². The standard InChI is InChI=1S/C10H10FNO2/c1-14-8-3-4-9(11)7(6-8)2-5-10(12)13/h2-6H,1H3,(H2,12,13). The number of rotatable bonds is 3. The molecule has 1 amide bonds. The first kappa shape index (κ1) is 10.2. The summed E-state index contributed by atoms with van der Waals surface area (Å²) in [5, 5.41) is 0. The number of hydrogen-bond donors (Lipinski definition) is 1. The van der Waals surface area contributed by atoms with Gasteiger partial charge in [-0.3, -0.25) is 4.79 Å². The van der Waals surface area contributed by atoms with Gasteiger partial charge in [-0.2, -0.15) is 0 Å². The molecule has 0 aromatic heterocycles. The lowest BCUT2D eigenvalue weighted by atomic mass is 10.2. The predicted octanol–water partition coefficient (Wildman–Crippen LogP) is 1.33. The smallest absolute Gasteiger partial charge is 0.241 e. The Labute approximate surface area is 81.0 Å². The van der Waals surface area contributed by atoms with E-state index in [9.17, 15) is 9.18 Å². The van der Waals surface area contributed by atoms with Crippen molar-refractivity contribution in [3.8, 4) is 5.75 Å². The van der Waals surface area contributed by atoms with Crippen LogP contribution in [-0.2, 0) is 4.79 Å².